The second-order valence-corrected chi connectivity index (χ2v) is 9.58. The Kier molecular flexibility index (Phi) is 11.7. The molecule has 32 heavy (non-hydrogen) atoms. The summed E-state index contributed by atoms with van der Waals surface area (Å²) in [6.45, 7) is 4.72. The maximum atomic E-state index is 13.3. The predicted molar refractivity (Wildman–Crippen MR) is 137 cm³/mol. The van der Waals surface area contributed by atoms with Crippen molar-refractivity contribution in [3.63, 3.8) is 0 Å². The second-order valence-electron chi connectivity index (χ2n) is 7.37. The Morgan fingerprint density at radius 1 is 1.00 bits per heavy atom. The minimum atomic E-state index is -0.604. The van der Waals surface area contributed by atoms with E-state index in [1.54, 1.807) is 23.1 Å². The standard InChI is InChI=1S/C24H29Cl3N2O2S/c1-3-5-13-28-24(31)22(4-2)29(14-18-20(26)11-8-12-21(18)27)23(30)16-32-15-17-9-6-7-10-19(17)25/h6-12,22H,3-5,13-16H2,1-2H3,(H,28,31)/t22-/m1/s1. The molecular weight excluding hydrogens is 487 g/mol. The van der Waals surface area contributed by atoms with E-state index in [1.165, 1.54) is 11.8 Å². The van der Waals surface area contributed by atoms with E-state index < -0.39 is 6.04 Å². The molecule has 0 aromatic heterocycles. The van der Waals surface area contributed by atoms with Crippen molar-refractivity contribution in [1.29, 1.82) is 0 Å². The van der Waals surface area contributed by atoms with E-state index >= 15 is 0 Å². The highest BCUT2D eigenvalue weighted by Crippen LogP contribution is 2.28. The van der Waals surface area contributed by atoms with E-state index in [0.717, 1.165) is 18.4 Å². The lowest BCUT2D eigenvalue weighted by Crippen LogP contribution is -2.49. The van der Waals surface area contributed by atoms with Gasteiger partial charge in [0.1, 0.15) is 6.04 Å². The molecule has 4 nitrogen and oxygen atoms in total. The van der Waals surface area contributed by atoms with Crippen molar-refractivity contribution >= 4 is 58.4 Å². The van der Waals surface area contributed by atoms with Gasteiger partial charge in [0.15, 0.2) is 0 Å². The first-order valence-corrected chi connectivity index (χ1v) is 13.0. The van der Waals surface area contributed by atoms with E-state index in [9.17, 15) is 9.59 Å². The van der Waals surface area contributed by atoms with Gasteiger partial charge in [-0.15, -0.1) is 11.8 Å². The smallest absolute Gasteiger partial charge is 0.242 e. The second kappa shape index (κ2) is 14.0. The number of nitrogens with zero attached hydrogens (tertiary/aromatic N) is 1. The molecule has 0 radical (unpaired) electrons. The zero-order valence-electron chi connectivity index (χ0n) is 18.4. The molecule has 0 fully saturated rings. The monoisotopic (exact) mass is 514 g/mol. The minimum absolute atomic E-state index is 0.143. The summed E-state index contributed by atoms with van der Waals surface area (Å²) < 4.78 is 0. The first-order valence-electron chi connectivity index (χ1n) is 10.7. The summed E-state index contributed by atoms with van der Waals surface area (Å²) in [5.74, 6) is 0.515. The summed E-state index contributed by atoms with van der Waals surface area (Å²) in [7, 11) is 0. The number of amides is 2. The number of thioether (sulfide) groups is 1. The first kappa shape index (κ1) is 26.8. The van der Waals surface area contributed by atoms with Crippen LogP contribution < -0.4 is 5.32 Å². The summed E-state index contributed by atoms with van der Waals surface area (Å²) in [6, 6.07) is 12.2. The van der Waals surface area contributed by atoms with Gasteiger partial charge in [-0.3, -0.25) is 9.59 Å². The summed E-state index contributed by atoms with van der Waals surface area (Å²) in [5, 5.41) is 4.57. The van der Waals surface area contributed by atoms with Gasteiger partial charge in [0, 0.05) is 39.5 Å². The molecule has 2 rings (SSSR count). The van der Waals surface area contributed by atoms with Crippen molar-refractivity contribution in [2.45, 2.75) is 51.4 Å². The Hall–Kier alpha value is -1.40. The molecule has 0 unspecified atom stereocenters. The average molecular weight is 516 g/mol. The molecule has 8 heteroatoms. The Morgan fingerprint density at radius 3 is 2.28 bits per heavy atom. The van der Waals surface area contributed by atoms with Gasteiger partial charge >= 0.3 is 0 Å². The van der Waals surface area contributed by atoms with Crippen LogP contribution in [-0.4, -0.2) is 35.1 Å². The number of benzene rings is 2. The minimum Gasteiger partial charge on any atom is -0.354 e. The average Bonchev–Trinajstić information content (AvgIpc) is 2.77. The van der Waals surface area contributed by atoms with Crippen LogP contribution in [0.5, 0.6) is 0 Å². The van der Waals surface area contributed by atoms with Crippen molar-refractivity contribution in [2.75, 3.05) is 12.3 Å². The van der Waals surface area contributed by atoms with Crippen LogP contribution in [0.1, 0.15) is 44.2 Å². The Balaban J connectivity index is 2.18. The third kappa shape index (κ3) is 7.87. The molecule has 1 N–H and O–H groups in total. The first-order chi connectivity index (χ1) is 15.4. The van der Waals surface area contributed by atoms with Crippen molar-refractivity contribution in [3.8, 4) is 0 Å². The molecule has 0 heterocycles. The third-order valence-electron chi connectivity index (χ3n) is 5.05. The highest BCUT2D eigenvalue weighted by atomic mass is 35.5. The lowest BCUT2D eigenvalue weighted by Gasteiger charge is -2.31. The predicted octanol–water partition coefficient (Wildman–Crippen LogP) is 6.60. The molecule has 0 bridgehead atoms. The molecule has 0 spiro atoms. The van der Waals surface area contributed by atoms with Gasteiger partial charge in [-0.1, -0.05) is 79.3 Å². The van der Waals surface area contributed by atoms with Crippen LogP contribution in [0, 0.1) is 0 Å². The Bertz CT molecular complexity index is 890. The Morgan fingerprint density at radius 2 is 1.66 bits per heavy atom. The van der Waals surface area contributed by atoms with Crippen molar-refractivity contribution < 1.29 is 9.59 Å². The molecule has 2 amide bonds. The van der Waals surface area contributed by atoms with Crippen LogP contribution in [-0.2, 0) is 21.9 Å². The fourth-order valence-electron chi connectivity index (χ4n) is 3.23. The third-order valence-corrected chi connectivity index (χ3v) is 7.09. The van der Waals surface area contributed by atoms with Crippen LogP contribution >= 0.6 is 46.6 Å². The van der Waals surface area contributed by atoms with Gasteiger partial charge in [0.2, 0.25) is 11.8 Å². The maximum absolute atomic E-state index is 13.3. The normalized spacial score (nSPS) is 11.8. The van der Waals surface area contributed by atoms with Crippen LogP contribution in [0.2, 0.25) is 15.1 Å². The van der Waals surface area contributed by atoms with Crippen LogP contribution in [0.3, 0.4) is 0 Å². The fraction of sp³-hybridized carbons (Fsp3) is 0.417. The topological polar surface area (TPSA) is 49.4 Å². The van der Waals surface area contributed by atoms with Gasteiger partial charge in [-0.2, -0.15) is 0 Å². The number of hydrogen-bond donors (Lipinski definition) is 1. The molecule has 0 aliphatic heterocycles. The largest absolute Gasteiger partial charge is 0.354 e. The Labute approximate surface area is 210 Å². The molecule has 0 saturated carbocycles. The number of carbonyl (C=O) groups excluding carboxylic acids is 2. The summed E-state index contributed by atoms with van der Waals surface area (Å²) in [6.07, 6.45) is 2.36. The number of unbranched alkanes of at least 4 members (excludes halogenated alkanes) is 1. The zero-order chi connectivity index (χ0) is 23.5. The van der Waals surface area contributed by atoms with E-state index in [-0.39, 0.29) is 24.1 Å². The molecule has 1 atom stereocenters. The molecule has 0 aliphatic rings. The number of nitrogens with one attached hydrogen (secondary N) is 1. The van der Waals surface area contributed by atoms with Gasteiger partial charge in [-0.05, 0) is 36.6 Å². The highest BCUT2D eigenvalue weighted by molar-refractivity contribution is 7.99. The quantitative estimate of drug-likeness (QED) is 0.324. The van der Waals surface area contributed by atoms with E-state index in [0.29, 0.717) is 39.3 Å². The fourth-order valence-corrected chi connectivity index (χ4v) is 4.94. The van der Waals surface area contributed by atoms with Crippen LogP contribution in [0.4, 0.5) is 0 Å². The lowest BCUT2D eigenvalue weighted by atomic mass is 10.1. The van der Waals surface area contributed by atoms with Crippen molar-refractivity contribution in [3.05, 3.63) is 68.7 Å². The van der Waals surface area contributed by atoms with Crippen LogP contribution in [0.15, 0.2) is 42.5 Å². The highest BCUT2D eigenvalue weighted by Gasteiger charge is 2.29. The van der Waals surface area contributed by atoms with E-state index in [4.69, 9.17) is 34.8 Å². The molecule has 2 aromatic carbocycles. The van der Waals surface area contributed by atoms with Gasteiger partial charge in [0.05, 0.1) is 5.75 Å². The summed E-state index contributed by atoms with van der Waals surface area (Å²) in [4.78, 5) is 27.8. The zero-order valence-corrected chi connectivity index (χ0v) is 21.5. The number of hydrogen-bond acceptors (Lipinski definition) is 3. The molecular formula is C24H29Cl3N2O2S. The molecule has 0 aliphatic carbocycles. The van der Waals surface area contributed by atoms with E-state index in [1.807, 2.05) is 31.2 Å². The van der Waals surface area contributed by atoms with E-state index in [2.05, 4.69) is 12.2 Å². The number of halogens is 3. The summed E-state index contributed by atoms with van der Waals surface area (Å²) in [5.41, 5.74) is 1.61. The van der Waals surface area contributed by atoms with Crippen LogP contribution in [0.25, 0.3) is 0 Å². The summed E-state index contributed by atoms with van der Waals surface area (Å²) >= 11 is 20.4. The van der Waals surface area contributed by atoms with Gasteiger partial charge in [0.25, 0.3) is 0 Å². The lowest BCUT2D eigenvalue weighted by molar-refractivity contribution is -0.139. The number of carbonyl (C=O) groups is 2. The maximum Gasteiger partial charge on any atom is 0.242 e. The molecule has 174 valence electrons. The SMILES string of the molecule is CCCCNC(=O)[C@@H](CC)N(Cc1c(Cl)cccc1Cl)C(=O)CSCc1ccccc1Cl. The number of rotatable bonds is 12. The van der Waals surface area contributed by atoms with Gasteiger partial charge < -0.3 is 10.2 Å². The molecule has 0 saturated heterocycles. The molecule has 2 aromatic rings. The van der Waals surface area contributed by atoms with Crippen molar-refractivity contribution in [2.24, 2.45) is 0 Å². The van der Waals surface area contributed by atoms with Crippen molar-refractivity contribution in [1.82, 2.24) is 10.2 Å². The van der Waals surface area contributed by atoms with Gasteiger partial charge in [-0.25, -0.2) is 0 Å².